The van der Waals surface area contributed by atoms with Crippen molar-refractivity contribution in [2.75, 3.05) is 13.7 Å². The fourth-order valence-corrected chi connectivity index (χ4v) is 1.98. The zero-order valence-electron chi connectivity index (χ0n) is 10.8. The Labute approximate surface area is 99.0 Å². The fraction of sp³-hybridized carbons (Fsp3) is 0.571. The average molecular weight is 221 g/mol. The Balaban J connectivity index is 2.80. The predicted molar refractivity (Wildman–Crippen MR) is 69.2 cm³/mol. The van der Waals surface area contributed by atoms with E-state index in [0.717, 1.165) is 25.1 Å². The minimum absolute atomic E-state index is 0.542. The van der Waals surface area contributed by atoms with E-state index in [2.05, 4.69) is 44.3 Å². The zero-order valence-corrected chi connectivity index (χ0v) is 10.8. The van der Waals surface area contributed by atoms with E-state index in [1.165, 1.54) is 11.1 Å². The minimum atomic E-state index is 0.542. The lowest BCUT2D eigenvalue weighted by atomic mass is 10.0. The van der Waals surface area contributed by atoms with E-state index < -0.39 is 0 Å². The first-order valence-electron chi connectivity index (χ1n) is 6.08. The van der Waals surface area contributed by atoms with Crippen molar-refractivity contribution in [1.82, 2.24) is 5.32 Å². The number of aryl methyl sites for hydroxylation is 1. The molecule has 1 atom stereocenters. The largest absolute Gasteiger partial charge is 0.496 e. The Bertz CT molecular complexity index is 323. The molecule has 0 aliphatic rings. The molecule has 0 heterocycles. The number of nitrogens with one attached hydrogen (secondary N) is 1. The minimum Gasteiger partial charge on any atom is -0.496 e. The summed E-state index contributed by atoms with van der Waals surface area (Å²) in [6.45, 7) is 7.51. The van der Waals surface area contributed by atoms with Crippen molar-refractivity contribution < 1.29 is 4.74 Å². The Morgan fingerprint density at radius 3 is 2.62 bits per heavy atom. The van der Waals surface area contributed by atoms with Gasteiger partial charge >= 0.3 is 0 Å². The number of hydrogen-bond donors (Lipinski definition) is 1. The van der Waals surface area contributed by atoms with Gasteiger partial charge in [0.05, 0.1) is 7.11 Å². The molecular weight excluding hydrogens is 198 g/mol. The highest BCUT2D eigenvalue weighted by atomic mass is 16.5. The maximum absolute atomic E-state index is 5.40. The molecule has 0 fully saturated rings. The van der Waals surface area contributed by atoms with Gasteiger partial charge in [0.2, 0.25) is 0 Å². The Hall–Kier alpha value is -1.02. The molecule has 2 heteroatoms. The summed E-state index contributed by atoms with van der Waals surface area (Å²) in [5.41, 5.74) is 2.59. The van der Waals surface area contributed by atoms with Gasteiger partial charge in [-0.05, 0) is 37.9 Å². The second kappa shape index (κ2) is 6.54. The van der Waals surface area contributed by atoms with Crippen molar-refractivity contribution in [2.45, 2.75) is 39.7 Å². The molecule has 0 radical (unpaired) electrons. The zero-order chi connectivity index (χ0) is 12.0. The van der Waals surface area contributed by atoms with Crippen LogP contribution in [-0.2, 0) is 6.42 Å². The molecule has 0 aliphatic heterocycles. The summed E-state index contributed by atoms with van der Waals surface area (Å²) < 4.78 is 5.40. The highest BCUT2D eigenvalue weighted by molar-refractivity contribution is 5.37. The number of hydrogen-bond acceptors (Lipinski definition) is 2. The lowest BCUT2D eigenvalue weighted by Gasteiger charge is -2.18. The van der Waals surface area contributed by atoms with Gasteiger partial charge in [-0.15, -0.1) is 0 Å². The lowest BCUT2D eigenvalue weighted by molar-refractivity contribution is 0.404. The van der Waals surface area contributed by atoms with Crippen LogP contribution in [0.3, 0.4) is 0 Å². The van der Waals surface area contributed by atoms with Crippen LogP contribution in [-0.4, -0.2) is 19.7 Å². The number of methoxy groups -OCH3 is 1. The SMILES string of the molecule is CCNC(CC)Cc1cc(C)ccc1OC. The van der Waals surface area contributed by atoms with E-state index in [9.17, 15) is 0 Å². The van der Waals surface area contributed by atoms with Crippen molar-refractivity contribution in [1.29, 1.82) is 0 Å². The first-order valence-corrected chi connectivity index (χ1v) is 6.08. The maximum Gasteiger partial charge on any atom is 0.122 e. The van der Waals surface area contributed by atoms with Gasteiger partial charge in [-0.25, -0.2) is 0 Å². The normalized spacial score (nSPS) is 12.5. The van der Waals surface area contributed by atoms with Crippen LogP contribution < -0.4 is 10.1 Å². The Morgan fingerprint density at radius 1 is 1.31 bits per heavy atom. The molecule has 0 amide bonds. The van der Waals surface area contributed by atoms with Crippen LogP contribution in [0.25, 0.3) is 0 Å². The highest BCUT2D eigenvalue weighted by Gasteiger charge is 2.09. The highest BCUT2D eigenvalue weighted by Crippen LogP contribution is 2.21. The molecular formula is C14H23NO. The van der Waals surface area contributed by atoms with Crippen LogP contribution in [0.15, 0.2) is 18.2 Å². The second-order valence-electron chi connectivity index (χ2n) is 4.18. The van der Waals surface area contributed by atoms with Crippen molar-refractivity contribution in [3.8, 4) is 5.75 Å². The van der Waals surface area contributed by atoms with Gasteiger partial charge < -0.3 is 10.1 Å². The summed E-state index contributed by atoms with van der Waals surface area (Å²) >= 11 is 0. The third-order valence-corrected chi connectivity index (χ3v) is 2.89. The third-order valence-electron chi connectivity index (χ3n) is 2.89. The molecule has 1 aromatic carbocycles. The molecule has 0 bridgehead atoms. The Kier molecular flexibility index (Phi) is 5.33. The number of benzene rings is 1. The monoisotopic (exact) mass is 221 g/mol. The smallest absolute Gasteiger partial charge is 0.122 e. The predicted octanol–water partition coefficient (Wildman–Crippen LogP) is 2.93. The summed E-state index contributed by atoms with van der Waals surface area (Å²) in [5, 5.41) is 3.50. The summed E-state index contributed by atoms with van der Waals surface area (Å²) in [6.07, 6.45) is 2.18. The molecule has 0 saturated carbocycles. The van der Waals surface area contributed by atoms with E-state index in [1.54, 1.807) is 7.11 Å². The molecule has 1 N–H and O–H groups in total. The van der Waals surface area contributed by atoms with E-state index in [0.29, 0.717) is 6.04 Å². The van der Waals surface area contributed by atoms with Crippen LogP contribution in [0.4, 0.5) is 0 Å². The van der Waals surface area contributed by atoms with Gasteiger partial charge in [-0.2, -0.15) is 0 Å². The lowest BCUT2D eigenvalue weighted by Crippen LogP contribution is -2.30. The summed E-state index contributed by atoms with van der Waals surface area (Å²) in [6, 6.07) is 6.92. The Morgan fingerprint density at radius 2 is 2.06 bits per heavy atom. The fourth-order valence-electron chi connectivity index (χ4n) is 1.98. The standard InChI is InChI=1S/C14H23NO/c1-5-13(15-6-2)10-12-9-11(3)7-8-14(12)16-4/h7-9,13,15H,5-6,10H2,1-4H3. The van der Waals surface area contributed by atoms with Gasteiger partial charge in [0, 0.05) is 6.04 Å². The quantitative estimate of drug-likeness (QED) is 0.797. The van der Waals surface area contributed by atoms with Crippen LogP contribution in [0.5, 0.6) is 5.75 Å². The molecule has 0 aromatic heterocycles. The van der Waals surface area contributed by atoms with Crippen molar-refractivity contribution >= 4 is 0 Å². The molecule has 0 saturated heterocycles. The molecule has 16 heavy (non-hydrogen) atoms. The van der Waals surface area contributed by atoms with E-state index in [1.807, 2.05) is 0 Å². The first kappa shape index (κ1) is 13.0. The van der Waals surface area contributed by atoms with Gasteiger partial charge in [0.1, 0.15) is 5.75 Å². The second-order valence-corrected chi connectivity index (χ2v) is 4.18. The first-order chi connectivity index (χ1) is 7.71. The van der Waals surface area contributed by atoms with Crippen molar-refractivity contribution in [2.24, 2.45) is 0 Å². The summed E-state index contributed by atoms with van der Waals surface area (Å²) in [4.78, 5) is 0. The molecule has 0 aliphatic carbocycles. The van der Waals surface area contributed by atoms with Gasteiger partial charge in [0.25, 0.3) is 0 Å². The van der Waals surface area contributed by atoms with Crippen molar-refractivity contribution in [3.63, 3.8) is 0 Å². The van der Waals surface area contributed by atoms with Crippen LogP contribution in [0.1, 0.15) is 31.4 Å². The molecule has 0 spiro atoms. The molecule has 1 aromatic rings. The maximum atomic E-state index is 5.40. The topological polar surface area (TPSA) is 21.3 Å². The molecule has 1 unspecified atom stereocenters. The molecule has 2 nitrogen and oxygen atoms in total. The number of likely N-dealkylation sites (N-methyl/N-ethyl adjacent to an activating group) is 1. The van der Waals surface area contributed by atoms with Gasteiger partial charge in [-0.1, -0.05) is 31.5 Å². The summed E-state index contributed by atoms with van der Waals surface area (Å²) in [5.74, 6) is 1.00. The van der Waals surface area contributed by atoms with Crippen molar-refractivity contribution in [3.05, 3.63) is 29.3 Å². The van der Waals surface area contributed by atoms with E-state index in [-0.39, 0.29) is 0 Å². The van der Waals surface area contributed by atoms with Gasteiger partial charge in [-0.3, -0.25) is 0 Å². The van der Waals surface area contributed by atoms with Gasteiger partial charge in [0.15, 0.2) is 0 Å². The molecule has 90 valence electrons. The van der Waals surface area contributed by atoms with Crippen LogP contribution in [0, 0.1) is 6.92 Å². The molecule has 1 rings (SSSR count). The van der Waals surface area contributed by atoms with Crippen LogP contribution in [0.2, 0.25) is 0 Å². The van der Waals surface area contributed by atoms with E-state index in [4.69, 9.17) is 4.74 Å². The third kappa shape index (κ3) is 3.53. The van der Waals surface area contributed by atoms with E-state index >= 15 is 0 Å². The van der Waals surface area contributed by atoms with Crippen LogP contribution >= 0.6 is 0 Å². The summed E-state index contributed by atoms with van der Waals surface area (Å²) in [7, 11) is 1.74. The number of ether oxygens (including phenoxy) is 1. The average Bonchev–Trinajstić information content (AvgIpc) is 2.29. The number of rotatable bonds is 6.